The number of carboxylic acids is 1. The molecule has 0 radical (unpaired) electrons. The molecule has 0 unspecified atom stereocenters. The fourth-order valence-corrected chi connectivity index (χ4v) is 2.08. The first-order valence-corrected chi connectivity index (χ1v) is 6.18. The molecule has 1 aromatic carbocycles. The molecule has 0 saturated carbocycles. The first kappa shape index (κ1) is 14.3. The zero-order valence-electron chi connectivity index (χ0n) is 9.93. The normalized spacial score (nSPS) is 10.1. The molecule has 0 aliphatic rings. The van der Waals surface area contributed by atoms with E-state index < -0.39 is 11.9 Å². The number of halogens is 2. The Morgan fingerprint density at radius 1 is 1.15 bits per heavy atom. The maximum Gasteiger partial charge on any atom is 0.335 e. The fourth-order valence-electron chi connectivity index (χ4n) is 1.50. The summed E-state index contributed by atoms with van der Waals surface area (Å²) in [7, 11) is 0. The van der Waals surface area contributed by atoms with Gasteiger partial charge in [-0.05, 0) is 24.3 Å². The van der Waals surface area contributed by atoms with E-state index in [2.05, 4.69) is 10.3 Å². The van der Waals surface area contributed by atoms with Crippen LogP contribution in [0.25, 0.3) is 0 Å². The van der Waals surface area contributed by atoms with Gasteiger partial charge in [0.25, 0.3) is 5.91 Å². The van der Waals surface area contributed by atoms with Crippen LogP contribution in [0.4, 0.5) is 5.69 Å². The van der Waals surface area contributed by atoms with E-state index >= 15 is 0 Å². The number of aromatic carboxylic acids is 1. The number of carbonyl (C=O) groups is 2. The molecule has 0 aliphatic heterocycles. The Kier molecular flexibility index (Phi) is 4.22. The molecule has 0 bridgehead atoms. The lowest BCUT2D eigenvalue weighted by Gasteiger charge is -2.10. The number of nitrogens with zero attached hydrogens (tertiary/aromatic N) is 1. The smallest absolute Gasteiger partial charge is 0.335 e. The standard InChI is InChI=1S/C13H8Cl2N2O3/c14-9-4-8(13(19)20)5-10(15)11(9)17-12(18)7-2-1-3-16-6-7/h1-6H,(H,17,18)(H,19,20). The second-order valence-corrected chi connectivity index (χ2v) is 4.63. The highest BCUT2D eigenvalue weighted by Crippen LogP contribution is 2.32. The molecule has 1 amide bonds. The van der Waals surface area contributed by atoms with Crippen molar-refractivity contribution in [3.63, 3.8) is 0 Å². The lowest BCUT2D eigenvalue weighted by atomic mass is 10.2. The number of aromatic nitrogens is 1. The largest absolute Gasteiger partial charge is 0.478 e. The van der Waals surface area contributed by atoms with Gasteiger partial charge in [-0.3, -0.25) is 9.78 Å². The Morgan fingerprint density at radius 2 is 1.80 bits per heavy atom. The van der Waals surface area contributed by atoms with E-state index in [4.69, 9.17) is 28.3 Å². The van der Waals surface area contributed by atoms with Gasteiger partial charge in [-0.15, -0.1) is 0 Å². The molecule has 2 rings (SSSR count). The molecule has 1 heterocycles. The molecule has 102 valence electrons. The molecule has 0 saturated heterocycles. The van der Waals surface area contributed by atoms with E-state index in [9.17, 15) is 9.59 Å². The molecule has 5 nitrogen and oxygen atoms in total. The number of rotatable bonds is 3. The maximum atomic E-state index is 12.0. The van der Waals surface area contributed by atoms with Crippen molar-refractivity contribution in [3.05, 3.63) is 57.8 Å². The second-order valence-electron chi connectivity index (χ2n) is 3.82. The summed E-state index contributed by atoms with van der Waals surface area (Å²) >= 11 is 11.9. The van der Waals surface area contributed by atoms with Gasteiger partial charge in [-0.2, -0.15) is 0 Å². The summed E-state index contributed by atoms with van der Waals surface area (Å²) in [4.78, 5) is 26.6. The lowest BCUT2D eigenvalue weighted by molar-refractivity contribution is 0.0696. The molecular weight excluding hydrogens is 303 g/mol. The van der Waals surface area contributed by atoms with Gasteiger partial charge in [-0.1, -0.05) is 23.2 Å². The molecule has 20 heavy (non-hydrogen) atoms. The summed E-state index contributed by atoms with van der Waals surface area (Å²) in [6.07, 6.45) is 2.93. The van der Waals surface area contributed by atoms with Crippen molar-refractivity contribution < 1.29 is 14.7 Å². The SMILES string of the molecule is O=C(O)c1cc(Cl)c(NC(=O)c2cccnc2)c(Cl)c1. The average Bonchev–Trinajstić information content (AvgIpc) is 2.43. The third-order valence-electron chi connectivity index (χ3n) is 2.45. The molecule has 0 atom stereocenters. The topological polar surface area (TPSA) is 79.3 Å². The first-order valence-electron chi connectivity index (χ1n) is 5.42. The Balaban J connectivity index is 2.31. The third kappa shape index (κ3) is 3.07. The van der Waals surface area contributed by atoms with Gasteiger partial charge in [0.1, 0.15) is 0 Å². The number of carbonyl (C=O) groups excluding carboxylic acids is 1. The Morgan fingerprint density at radius 3 is 2.30 bits per heavy atom. The van der Waals surface area contributed by atoms with Crippen molar-refractivity contribution in [2.45, 2.75) is 0 Å². The van der Waals surface area contributed by atoms with Crippen LogP contribution in [0.2, 0.25) is 10.0 Å². The highest BCUT2D eigenvalue weighted by atomic mass is 35.5. The molecule has 2 N–H and O–H groups in total. The summed E-state index contributed by atoms with van der Waals surface area (Å²) in [5.74, 6) is -1.59. The number of anilines is 1. The number of pyridine rings is 1. The Bertz CT molecular complexity index is 652. The van der Waals surface area contributed by atoms with Gasteiger partial charge in [0.2, 0.25) is 0 Å². The number of nitrogens with one attached hydrogen (secondary N) is 1. The maximum absolute atomic E-state index is 12.0. The van der Waals surface area contributed by atoms with Crippen LogP contribution < -0.4 is 5.32 Å². The van der Waals surface area contributed by atoms with Crippen molar-refractivity contribution in [2.75, 3.05) is 5.32 Å². The summed E-state index contributed by atoms with van der Waals surface area (Å²) in [6.45, 7) is 0. The van der Waals surface area contributed by atoms with Crippen LogP contribution in [-0.2, 0) is 0 Å². The Hall–Kier alpha value is -2.11. The number of hydrogen-bond acceptors (Lipinski definition) is 3. The number of amides is 1. The lowest BCUT2D eigenvalue weighted by Crippen LogP contribution is -2.13. The molecule has 1 aromatic heterocycles. The van der Waals surface area contributed by atoms with E-state index in [1.165, 1.54) is 18.3 Å². The monoisotopic (exact) mass is 310 g/mol. The molecule has 0 fully saturated rings. The van der Waals surface area contributed by atoms with Crippen molar-refractivity contribution in [1.29, 1.82) is 0 Å². The summed E-state index contributed by atoms with van der Waals surface area (Å²) in [5.41, 5.74) is 0.438. The minimum absolute atomic E-state index is 0.0483. The summed E-state index contributed by atoms with van der Waals surface area (Å²) in [5, 5.41) is 11.5. The highest BCUT2D eigenvalue weighted by molar-refractivity contribution is 6.40. The summed E-state index contributed by atoms with van der Waals surface area (Å²) < 4.78 is 0. The van der Waals surface area contributed by atoms with Gasteiger partial charge in [-0.25, -0.2) is 4.79 Å². The number of carboxylic acid groups (broad SMARTS) is 1. The predicted octanol–water partition coefficient (Wildman–Crippen LogP) is 3.34. The van der Waals surface area contributed by atoms with Crippen LogP contribution in [0.15, 0.2) is 36.7 Å². The van der Waals surface area contributed by atoms with E-state index in [0.717, 1.165) is 0 Å². The van der Waals surface area contributed by atoms with Crippen LogP contribution in [0.3, 0.4) is 0 Å². The van der Waals surface area contributed by atoms with Crippen molar-refractivity contribution in [2.24, 2.45) is 0 Å². The fraction of sp³-hybridized carbons (Fsp3) is 0. The molecule has 0 spiro atoms. The van der Waals surface area contributed by atoms with Gasteiger partial charge < -0.3 is 10.4 Å². The van der Waals surface area contributed by atoms with Gasteiger partial charge in [0.05, 0.1) is 26.9 Å². The van der Waals surface area contributed by atoms with Crippen LogP contribution in [-0.4, -0.2) is 22.0 Å². The predicted molar refractivity (Wildman–Crippen MR) is 75.6 cm³/mol. The highest BCUT2D eigenvalue weighted by Gasteiger charge is 2.15. The van der Waals surface area contributed by atoms with Crippen molar-refractivity contribution in [1.82, 2.24) is 4.98 Å². The number of hydrogen-bond donors (Lipinski definition) is 2. The third-order valence-corrected chi connectivity index (χ3v) is 3.05. The second kappa shape index (κ2) is 5.90. The zero-order valence-corrected chi connectivity index (χ0v) is 11.4. The van der Waals surface area contributed by atoms with Gasteiger partial charge >= 0.3 is 5.97 Å². The minimum atomic E-state index is -1.15. The average molecular weight is 311 g/mol. The minimum Gasteiger partial charge on any atom is -0.478 e. The zero-order chi connectivity index (χ0) is 14.7. The first-order chi connectivity index (χ1) is 9.49. The van der Waals surface area contributed by atoms with Crippen LogP contribution >= 0.6 is 23.2 Å². The van der Waals surface area contributed by atoms with E-state index in [1.807, 2.05) is 0 Å². The van der Waals surface area contributed by atoms with Crippen LogP contribution in [0, 0.1) is 0 Å². The van der Waals surface area contributed by atoms with E-state index in [1.54, 1.807) is 18.3 Å². The van der Waals surface area contributed by atoms with Crippen LogP contribution in [0.5, 0.6) is 0 Å². The Labute approximate surface area is 124 Å². The quantitative estimate of drug-likeness (QED) is 0.911. The van der Waals surface area contributed by atoms with Crippen molar-refractivity contribution >= 4 is 40.8 Å². The molecule has 2 aromatic rings. The molecular formula is C13H8Cl2N2O3. The van der Waals surface area contributed by atoms with Gasteiger partial charge in [0, 0.05) is 12.4 Å². The van der Waals surface area contributed by atoms with Gasteiger partial charge in [0.15, 0.2) is 0 Å². The van der Waals surface area contributed by atoms with Crippen LogP contribution in [0.1, 0.15) is 20.7 Å². The molecule has 7 heteroatoms. The summed E-state index contributed by atoms with van der Waals surface area (Å²) in [6, 6.07) is 5.63. The molecule has 0 aliphatic carbocycles. The van der Waals surface area contributed by atoms with E-state index in [-0.39, 0.29) is 21.3 Å². The van der Waals surface area contributed by atoms with E-state index in [0.29, 0.717) is 5.56 Å². The van der Waals surface area contributed by atoms with Crippen molar-refractivity contribution in [3.8, 4) is 0 Å². The number of benzene rings is 1.